The van der Waals surface area contributed by atoms with Crippen LogP contribution in [0, 0.1) is 0 Å². The van der Waals surface area contributed by atoms with Crippen molar-refractivity contribution >= 4 is 11.9 Å². The zero-order chi connectivity index (χ0) is 13.1. The summed E-state index contributed by atoms with van der Waals surface area (Å²) in [5.74, 6) is -0.796. The third-order valence-corrected chi connectivity index (χ3v) is 1.84. The van der Waals surface area contributed by atoms with E-state index in [0.29, 0.717) is 6.54 Å². The van der Waals surface area contributed by atoms with Gasteiger partial charge in [0.25, 0.3) is 0 Å². The number of cyclic esters (lactones) is 2. The summed E-state index contributed by atoms with van der Waals surface area (Å²) in [6.07, 6.45) is 0.525. The maximum absolute atomic E-state index is 10.0. The molecule has 1 saturated heterocycles. The summed E-state index contributed by atoms with van der Waals surface area (Å²) in [7, 11) is 0. The van der Waals surface area contributed by atoms with Crippen molar-refractivity contribution in [3.63, 3.8) is 0 Å². The molecular weight excluding hydrogens is 218 g/mol. The largest absolute Gasteiger partial charge is 0.393 e. The Hall–Kier alpha value is -1.68. The molecule has 0 bridgehead atoms. The molecular formula is C13H19NO3. The summed E-state index contributed by atoms with van der Waals surface area (Å²) in [6.45, 7) is 4.64. The molecule has 0 unspecified atom stereocenters. The summed E-state index contributed by atoms with van der Waals surface area (Å²) in [6, 6.07) is 9.99. The minimum atomic E-state index is -0.398. The Labute approximate surface area is 102 Å². The number of carbonyl (C=O) groups is 2. The first-order valence-electron chi connectivity index (χ1n) is 5.70. The van der Waals surface area contributed by atoms with E-state index in [1.807, 2.05) is 44.2 Å². The Kier molecular flexibility index (Phi) is 8.60. The van der Waals surface area contributed by atoms with E-state index in [-0.39, 0.29) is 12.8 Å². The van der Waals surface area contributed by atoms with Crippen molar-refractivity contribution in [2.75, 3.05) is 0 Å². The van der Waals surface area contributed by atoms with Crippen molar-refractivity contribution < 1.29 is 14.3 Å². The fourth-order valence-corrected chi connectivity index (χ4v) is 1.05. The van der Waals surface area contributed by atoms with Gasteiger partial charge in [0, 0.05) is 6.54 Å². The van der Waals surface area contributed by atoms with Gasteiger partial charge >= 0.3 is 11.9 Å². The molecule has 0 amide bonds. The summed E-state index contributed by atoms with van der Waals surface area (Å²) in [5, 5.41) is 0. The first-order valence-corrected chi connectivity index (χ1v) is 5.70. The van der Waals surface area contributed by atoms with Crippen molar-refractivity contribution in [2.24, 2.45) is 5.73 Å². The number of rotatable bonds is 1. The number of nitrogens with two attached hydrogens (primary N) is 1. The second kappa shape index (κ2) is 9.54. The van der Waals surface area contributed by atoms with E-state index in [9.17, 15) is 9.59 Å². The number of esters is 2. The van der Waals surface area contributed by atoms with Crippen LogP contribution in [0.5, 0.6) is 0 Å². The fraction of sp³-hybridized carbons (Fsp3) is 0.385. The van der Waals surface area contributed by atoms with E-state index >= 15 is 0 Å². The van der Waals surface area contributed by atoms with E-state index in [4.69, 9.17) is 5.73 Å². The highest BCUT2D eigenvalue weighted by molar-refractivity contribution is 5.92. The maximum atomic E-state index is 10.0. The van der Waals surface area contributed by atoms with E-state index in [1.54, 1.807) is 0 Å². The highest BCUT2D eigenvalue weighted by Gasteiger charge is 2.19. The predicted octanol–water partition coefficient (Wildman–Crippen LogP) is 2.02. The number of benzene rings is 1. The Bertz CT molecular complexity index is 322. The monoisotopic (exact) mass is 237 g/mol. The standard InChI is InChI=1S/C7H9N.C4H4O3.C2H6/c8-6-7-4-2-1-3-5-7;5-3-1-2-4(6)7-3;1-2/h1-5H,6,8H2;1-2H2;1-2H3. The minimum absolute atomic E-state index is 0.263. The van der Waals surface area contributed by atoms with Gasteiger partial charge in [0.2, 0.25) is 0 Å². The van der Waals surface area contributed by atoms with Crippen LogP contribution in [0.1, 0.15) is 32.3 Å². The molecule has 1 fully saturated rings. The van der Waals surface area contributed by atoms with E-state index in [0.717, 1.165) is 0 Å². The van der Waals surface area contributed by atoms with Gasteiger partial charge in [0.1, 0.15) is 0 Å². The van der Waals surface area contributed by atoms with Crippen molar-refractivity contribution in [1.82, 2.24) is 0 Å². The van der Waals surface area contributed by atoms with E-state index in [2.05, 4.69) is 4.74 Å². The number of hydrogen-bond donors (Lipinski definition) is 1. The van der Waals surface area contributed by atoms with Gasteiger partial charge in [-0.25, -0.2) is 0 Å². The SMILES string of the molecule is CC.NCc1ccccc1.O=C1CCC(=O)O1. The van der Waals surface area contributed by atoms with Gasteiger partial charge in [-0.05, 0) is 5.56 Å². The molecule has 0 saturated carbocycles. The number of ether oxygens (including phenoxy) is 1. The topological polar surface area (TPSA) is 69.4 Å². The van der Waals surface area contributed by atoms with Crippen molar-refractivity contribution in [1.29, 1.82) is 0 Å². The average molecular weight is 237 g/mol. The lowest BCUT2D eigenvalue weighted by atomic mass is 10.2. The van der Waals surface area contributed by atoms with Crippen molar-refractivity contribution in [3.8, 4) is 0 Å². The zero-order valence-corrected chi connectivity index (χ0v) is 10.3. The first-order chi connectivity index (χ1) is 8.22. The first kappa shape index (κ1) is 15.3. The molecule has 4 heteroatoms. The fourth-order valence-electron chi connectivity index (χ4n) is 1.05. The highest BCUT2D eigenvalue weighted by atomic mass is 16.6. The Morgan fingerprint density at radius 1 is 1.06 bits per heavy atom. The molecule has 1 aromatic rings. The molecule has 2 rings (SSSR count). The van der Waals surface area contributed by atoms with Gasteiger partial charge in [-0.3, -0.25) is 9.59 Å². The van der Waals surface area contributed by atoms with Crippen LogP contribution in [0.3, 0.4) is 0 Å². The van der Waals surface area contributed by atoms with Crippen LogP contribution in [0.25, 0.3) is 0 Å². The van der Waals surface area contributed by atoms with Crippen LogP contribution in [0.4, 0.5) is 0 Å². The van der Waals surface area contributed by atoms with Gasteiger partial charge in [-0.1, -0.05) is 44.2 Å². The zero-order valence-electron chi connectivity index (χ0n) is 10.3. The molecule has 2 N–H and O–H groups in total. The Morgan fingerprint density at radius 3 is 1.76 bits per heavy atom. The normalized spacial score (nSPS) is 12.9. The molecule has 0 spiro atoms. The van der Waals surface area contributed by atoms with Gasteiger partial charge in [0.05, 0.1) is 12.8 Å². The molecule has 4 nitrogen and oxygen atoms in total. The van der Waals surface area contributed by atoms with Crippen molar-refractivity contribution in [2.45, 2.75) is 33.2 Å². The second-order valence-corrected chi connectivity index (χ2v) is 3.04. The number of carbonyl (C=O) groups excluding carboxylic acids is 2. The second-order valence-electron chi connectivity index (χ2n) is 3.04. The molecule has 0 aliphatic carbocycles. The lowest BCUT2D eigenvalue weighted by molar-refractivity contribution is -0.151. The smallest absolute Gasteiger partial charge is 0.314 e. The van der Waals surface area contributed by atoms with Crippen LogP contribution < -0.4 is 5.73 Å². The van der Waals surface area contributed by atoms with Gasteiger partial charge < -0.3 is 10.5 Å². The van der Waals surface area contributed by atoms with Gasteiger partial charge in [0.15, 0.2) is 0 Å². The molecule has 0 aromatic heterocycles. The van der Waals surface area contributed by atoms with E-state index < -0.39 is 11.9 Å². The maximum Gasteiger partial charge on any atom is 0.314 e. The summed E-state index contributed by atoms with van der Waals surface area (Å²) in [4.78, 5) is 20.0. The molecule has 1 aliphatic rings. The lowest BCUT2D eigenvalue weighted by Crippen LogP contribution is -1.94. The molecule has 0 atom stereocenters. The average Bonchev–Trinajstić information content (AvgIpc) is 2.77. The third kappa shape index (κ3) is 7.25. The van der Waals surface area contributed by atoms with Crippen LogP contribution >= 0.6 is 0 Å². The van der Waals surface area contributed by atoms with Crippen LogP contribution in [0.15, 0.2) is 30.3 Å². The highest BCUT2D eigenvalue weighted by Crippen LogP contribution is 2.03. The summed E-state index contributed by atoms with van der Waals surface area (Å²) in [5.41, 5.74) is 6.54. The Balaban J connectivity index is 0.000000265. The quantitative estimate of drug-likeness (QED) is 0.599. The minimum Gasteiger partial charge on any atom is -0.393 e. The molecule has 17 heavy (non-hydrogen) atoms. The van der Waals surface area contributed by atoms with Crippen LogP contribution in [-0.2, 0) is 20.9 Å². The lowest BCUT2D eigenvalue weighted by Gasteiger charge is -1.90. The summed E-state index contributed by atoms with van der Waals surface area (Å²) < 4.78 is 4.08. The third-order valence-electron chi connectivity index (χ3n) is 1.84. The Morgan fingerprint density at radius 2 is 1.53 bits per heavy atom. The molecule has 0 radical (unpaired) electrons. The molecule has 1 aliphatic heterocycles. The summed E-state index contributed by atoms with van der Waals surface area (Å²) >= 11 is 0. The van der Waals surface area contributed by atoms with Gasteiger partial charge in [-0.2, -0.15) is 0 Å². The van der Waals surface area contributed by atoms with Crippen LogP contribution in [-0.4, -0.2) is 11.9 Å². The molecule has 94 valence electrons. The molecule has 1 heterocycles. The number of hydrogen-bond acceptors (Lipinski definition) is 4. The molecule has 1 aromatic carbocycles. The van der Waals surface area contributed by atoms with Gasteiger partial charge in [-0.15, -0.1) is 0 Å². The van der Waals surface area contributed by atoms with E-state index in [1.165, 1.54) is 5.56 Å². The van der Waals surface area contributed by atoms with Crippen molar-refractivity contribution in [3.05, 3.63) is 35.9 Å². The van der Waals surface area contributed by atoms with Crippen LogP contribution in [0.2, 0.25) is 0 Å². The predicted molar refractivity (Wildman–Crippen MR) is 66.0 cm³/mol.